The molecule has 0 bridgehead atoms. The van der Waals surface area contributed by atoms with Crippen LogP contribution < -0.4 is 11.2 Å². The van der Waals surface area contributed by atoms with Gasteiger partial charge in [0, 0.05) is 5.69 Å². The molecule has 4 N–H and O–H groups in total. The molecule has 0 saturated heterocycles. The number of carbonyl (C=O) groups is 1. The Morgan fingerprint density at radius 3 is 2.27 bits per heavy atom. The van der Waals surface area contributed by atoms with Gasteiger partial charge >= 0.3 is 0 Å². The van der Waals surface area contributed by atoms with Gasteiger partial charge in [-0.05, 0) is 48.4 Å². The van der Waals surface area contributed by atoms with Gasteiger partial charge in [0.25, 0.3) is 0 Å². The van der Waals surface area contributed by atoms with E-state index in [1.165, 1.54) is 11.1 Å². The van der Waals surface area contributed by atoms with Crippen molar-refractivity contribution in [3.8, 4) is 0 Å². The van der Waals surface area contributed by atoms with Gasteiger partial charge in [-0.15, -0.1) is 0 Å². The first-order valence-corrected chi connectivity index (χ1v) is 7.53. The van der Waals surface area contributed by atoms with Crippen LogP contribution in [0.15, 0.2) is 48.5 Å². The SMILES string of the molecule is Nc1ccccc1CCCCc1ccc(CC(=O)NO)cc1. The van der Waals surface area contributed by atoms with Crippen molar-refractivity contribution in [2.24, 2.45) is 0 Å². The molecule has 0 unspecified atom stereocenters. The third-order valence-electron chi connectivity index (χ3n) is 3.73. The molecular formula is C18H22N2O2. The van der Waals surface area contributed by atoms with E-state index >= 15 is 0 Å². The lowest BCUT2D eigenvalue weighted by Crippen LogP contribution is -2.20. The first-order valence-electron chi connectivity index (χ1n) is 7.53. The maximum absolute atomic E-state index is 11.1. The van der Waals surface area contributed by atoms with Crippen molar-refractivity contribution in [1.82, 2.24) is 5.48 Å². The monoisotopic (exact) mass is 298 g/mol. The Kier molecular flexibility index (Phi) is 5.98. The van der Waals surface area contributed by atoms with Crippen LogP contribution in [0.2, 0.25) is 0 Å². The third-order valence-corrected chi connectivity index (χ3v) is 3.73. The van der Waals surface area contributed by atoms with Gasteiger partial charge in [-0.1, -0.05) is 42.5 Å². The number of nitrogen functional groups attached to an aromatic ring is 1. The van der Waals surface area contributed by atoms with Crippen LogP contribution in [0.3, 0.4) is 0 Å². The molecule has 0 aliphatic rings. The highest BCUT2D eigenvalue weighted by Crippen LogP contribution is 2.15. The maximum Gasteiger partial charge on any atom is 0.247 e. The number of amides is 1. The van der Waals surface area contributed by atoms with Crippen LogP contribution in [0.1, 0.15) is 29.5 Å². The Balaban J connectivity index is 1.75. The Labute approximate surface area is 130 Å². The van der Waals surface area contributed by atoms with Crippen LogP contribution in [-0.4, -0.2) is 11.1 Å². The van der Waals surface area contributed by atoms with E-state index in [9.17, 15) is 4.79 Å². The fourth-order valence-electron chi connectivity index (χ4n) is 2.46. The minimum Gasteiger partial charge on any atom is -0.399 e. The predicted octanol–water partition coefficient (Wildman–Crippen LogP) is 2.88. The summed E-state index contributed by atoms with van der Waals surface area (Å²) >= 11 is 0. The fraction of sp³-hybridized carbons (Fsp3) is 0.278. The first kappa shape index (κ1) is 16.0. The van der Waals surface area contributed by atoms with Gasteiger partial charge in [-0.3, -0.25) is 10.0 Å². The molecular weight excluding hydrogens is 276 g/mol. The second kappa shape index (κ2) is 8.20. The second-order valence-electron chi connectivity index (χ2n) is 5.43. The molecule has 0 radical (unpaired) electrons. The molecule has 22 heavy (non-hydrogen) atoms. The average Bonchev–Trinajstić information content (AvgIpc) is 2.54. The Hall–Kier alpha value is -2.33. The predicted molar refractivity (Wildman–Crippen MR) is 87.6 cm³/mol. The number of unbranched alkanes of at least 4 members (excludes halogenated alkanes) is 1. The summed E-state index contributed by atoms with van der Waals surface area (Å²) in [5.41, 5.74) is 11.8. The van der Waals surface area contributed by atoms with Crippen molar-refractivity contribution >= 4 is 11.6 Å². The summed E-state index contributed by atoms with van der Waals surface area (Å²) < 4.78 is 0. The van der Waals surface area contributed by atoms with Crippen molar-refractivity contribution in [2.45, 2.75) is 32.1 Å². The van der Waals surface area contributed by atoms with Crippen molar-refractivity contribution < 1.29 is 10.0 Å². The molecule has 2 rings (SSSR count). The molecule has 2 aromatic rings. The average molecular weight is 298 g/mol. The molecule has 0 spiro atoms. The van der Waals surface area contributed by atoms with E-state index in [2.05, 4.69) is 6.07 Å². The first-order chi connectivity index (χ1) is 10.7. The standard InChI is InChI=1S/C18H22N2O2/c19-17-8-4-3-7-16(17)6-2-1-5-14-9-11-15(12-10-14)13-18(21)20-22/h3-4,7-12,22H,1-2,5-6,13,19H2,(H,20,21). The smallest absolute Gasteiger partial charge is 0.247 e. The van der Waals surface area contributed by atoms with E-state index in [4.69, 9.17) is 10.9 Å². The van der Waals surface area contributed by atoms with E-state index in [-0.39, 0.29) is 6.42 Å². The molecule has 4 nitrogen and oxygen atoms in total. The Morgan fingerprint density at radius 1 is 0.955 bits per heavy atom. The Bertz CT molecular complexity index is 609. The highest BCUT2D eigenvalue weighted by atomic mass is 16.5. The molecule has 0 aromatic heterocycles. The number of hydrogen-bond donors (Lipinski definition) is 3. The van der Waals surface area contributed by atoms with Crippen molar-refractivity contribution in [3.05, 3.63) is 65.2 Å². The molecule has 0 saturated carbocycles. The zero-order valence-electron chi connectivity index (χ0n) is 12.6. The van der Waals surface area contributed by atoms with Crippen LogP contribution >= 0.6 is 0 Å². The van der Waals surface area contributed by atoms with Crippen molar-refractivity contribution in [1.29, 1.82) is 0 Å². The lowest BCUT2D eigenvalue weighted by Gasteiger charge is -2.06. The van der Waals surface area contributed by atoms with Crippen LogP contribution in [0.4, 0.5) is 5.69 Å². The summed E-state index contributed by atoms with van der Waals surface area (Å²) in [5.74, 6) is -0.395. The minimum atomic E-state index is -0.395. The van der Waals surface area contributed by atoms with E-state index < -0.39 is 5.91 Å². The number of benzene rings is 2. The third kappa shape index (κ3) is 4.90. The lowest BCUT2D eigenvalue weighted by molar-refractivity contribution is -0.128. The molecule has 116 valence electrons. The van der Waals surface area contributed by atoms with Gasteiger partial charge in [0.2, 0.25) is 5.91 Å². The molecule has 0 atom stereocenters. The molecule has 0 aliphatic heterocycles. The summed E-state index contributed by atoms with van der Waals surface area (Å²) in [6, 6.07) is 15.9. The van der Waals surface area contributed by atoms with E-state index in [1.807, 2.05) is 42.5 Å². The van der Waals surface area contributed by atoms with Crippen molar-refractivity contribution in [2.75, 3.05) is 5.73 Å². The number of carbonyl (C=O) groups excluding carboxylic acids is 1. The van der Waals surface area contributed by atoms with E-state index in [0.29, 0.717) is 0 Å². The van der Waals surface area contributed by atoms with E-state index in [0.717, 1.165) is 36.9 Å². The summed E-state index contributed by atoms with van der Waals surface area (Å²) in [5, 5.41) is 8.50. The molecule has 2 aromatic carbocycles. The van der Waals surface area contributed by atoms with Crippen LogP contribution in [0.5, 0.6) is 0 Å². The lowest BCUT2D eigenvalue weighted by atomic mass is 10.0. The van der Waals surface area contributed by atoms with Crippen molar-refractivity contribution in [3.63, 3.8) is 0 Å². The topological polar surface area (TPSA) is 75.4 Å². The normalized spacial score (nSPS) is 10.4. The van der Waals surface area contributed by atoms with Gasteiger partial charge in [0.15, 0.2) is 0 Å². The zero-order valence-corrected chi connectivity index (χ0v) is 12.6. The second-order valence-corrected chi connectivity index (χ2v) is 5.43. The quantitative estimate of drug-likeness (QED) is 0.318. The summed E-state index contributed by atoms with van der Waals surface area (Å²) in [6.45, 7) is 0. The molecule has 0 fully saturated rings. The summed E-state index contributed by atoms with van der Waals surface area (Å²) in [6.07, 6.45) is 4.42. The number of anilines is 1. The van der Waals surface area contributed by atoms with Crippen LogP contribution in [0.25, 0.3) is 0 Å². The molecule has 0 heterocycles. The van der Waals surface area contributed by atoms with Gasteiger partial charge < -0.3 is 5.73 Å². The number of nitrogens with one attached hydrogen (secondary N) is 1. The highest BCUT2D eigenvalue weighted by Gasteiger charge is 2.02. The van der Waals surface area contributed by atoms with Gasteiger partial charge in [-0.2, -0.15) is 0 Å². The largest absolute Gasteiger partial charge is 0.399 e. The van der Waals surface area contributed by atoms with Gasteiger partial charge in [-0.25, -0.2) is 5.48 Å². The molecule has 1 amide bonds. The number of hydroxylamine groups is 1. The van der Waals surface area contributed by atoms with Crippen LogP contribution in [0, 0.1) is 0 Å². The van der Waals surface area contributed by atoms with E-state index in [1.54, 1.807) is 5.48 Å². The summed E-state index contributed by atoms with van der Waals surface area (Å²) in [7, 11) is 0. The number of para-hydroxylation sites is 1. The number of rotatable bonds is 7. The number of nitrogens with two attached hydrogens (primary N) is 1. The molecule has 0 aliphatic carbocycles. The maximum atomic E-state index is 11.1. The fourth-order valence-corrected chi connectivity index (χ4v) is 2.46. The molecule has 4 heteroatoms. The number of aryl methyl sites for hydroxylation is 2. The highest BCUT2D eigenvalue weighted by molar-refractivity contribution is 5.77. The van der Waals surface area contributed by atoms with Gasteiger partial charge in [0.1, 0.15) is 0 Å². The zero-order chi connectivity index (χ0) is 15.8. The number of hydrogen-bond acceptors (Lipinski definition) is 3. The summed E-state index contributed by atoms with van der Waals surface area (Å²) in [4.78, 5) is 11.1. The van der Waals surface area contributed by atoms with Crippen LogP contribution in [-0.2, 0) is 24.1 Å². The Morgan fingerprint density at radius 2 is 1.59 bits per heavy atom. The van der Waals surface area contributed by atoms with Gasteiger partial charge in [0.05, 0.1) is 6.42 Å². The minimum absolute atomic E-state index is 0.198.